The Labute approximate surface area is 119 Å². The van der Waals surface area contributed by atoms with Crippen LogP contribution in [0.1, 0.15) is 0 Å². The van der Waals surface area contributed by atoms with E-state index in [-0.39, 0.29) is 22.2 Å². The van der Waals surface area contributed by atoms with E-state index in [9.17, 15) is 14.4 Å². The summed E-state index contributed by atoms with van der Waals surface area (Å²) in [5, 5.41) is 0. The molecule has 0 amide bonds. The maximum Gasteiger partial charge on any atom is 0.327 e. The maximum absolute atomic E-state index is 10.9. The highest BCUT2D eigenvalue weighted by atomic mass is 16.2. The van der Waals surface area contributed by atoms with E-state index in [1.165, 1.54) is 19.0 Å². The molecule has 0 saturated carbocycles. The summed E-state index contributed by atoms with van der Waals surface area (Å²) in [6.45, 7) is 0. The number of imidazole rings is 2. The highest BCUT2D eigenvalue weighted by Gasteiger charge is 2.00. The smallest absolute Gasteiger partial charge is 0.327 e. The van der Waals surface area contributed by atoms with Gasteiger partial charge in [0.05, 0.1) is 19.0 Å². The topological polar surface area (TPSA) is 200 Å². The molecule has 4 rings (SSSR count). The van der Waals surface area contributed by atoms with Crippen molar-refractivity contribution < 1.29 is 5.48 Å². The molecule has 22 heavy (non-hydrogen) atoms. The van der Waals surface area contributed by atoms with Gasteiger partial charge in [-0.3, -0.25) is 19.6 Å². The van der Waals surface area contributed by atoms with E-state index in [4.69, 9.17) is 0 Å². The van der Waals surface area contributed by atoms with Gasteiger partial charge in [0.2, 0.25) is 0 Å². The van der Waals surface area contributed by atoms with Crippen molar-refractivity contribution >= 4 is 22.3 Å². The molecule has 0 aliphatic heterocycles. The van der Waals surface area contributed by atoms with Gasteiger partial charge in [0, 0.05) is 0 Å². The molecule has 0 aromatic carbocycles. The van der Waals surface area contributed by atoms with Crippen LogP contribution in [0.2, 0.25) is 0 Å². The van der Waals surface area contributed by atoms with Crippen LogP contribution in [0.5, 0.6) is 0 Å². The van der Waals surface area contributed by atoms with E-state index in [0.29, 0.717) is 11.2 Å². The Hall–Kier alpha value is -3.54. The molecule has 0 saturated heterocycles. The maximum atomic E-state index is 10.9. The predicted octanol–water partition coefficient (Wildman–Crippen LogP) is -2.24. The standard InChI is InChI=1S/C5H4N4O2.C5H4N4O.H2O/c10-4-2-3(7-1-6-2)8-5(11)9-4;10-5-3-4(7-1-6-3)8-2-9-5;/h1H,(H3,6,7,8,9,10,11);1-2H,(H2,6,7,8,9,10);1H2. The third-order valence-electron chi connectivity index (χ3n) is 2.55. The van der Waals surface area contributed by atoms with Crippen molar-refractivity contribution in [2.24, 2.45) is 0 Å². The number of aromatic nitrogens is 8. The first-order valence-electron chi connectivity index (χ1n) is 5.67. The fourth-order valence-corrected chi connectivity index (χ4v) is 1.64. The first kappa shape index (κ1) is 14.9. The average molecular weight is 306 g/mol. The van der Waals surface area contributed by atoms with E-state index in [1.54, 1.807) is 0 Å². The van der Waals surface area contributed by atoms with Crippen LogP contribution in [0.15, 0.2) is 33.4 Å². The lowest BCUT2D eigenvalue weighted by Crippen LogP contribution is -2.21. The summed E-state index contributed by atoms with van der Waals surface area (Å²) in [5.41, 5.74) is 0.230. The molecule has 114 valence electrons. The summed E-state index contributed by atoms with van der Waals surface area (Å²) < 4.78 is 0. The van der Waals surface area contributed by atoms with Gasteiger partial charge in [-0.15, -0.1) is 0 Å². The van der Waals surface area contributed by atoms with Gasteiger partial charge in [0.15, 0.2) is 16.8 Å². The van der Waals surface area contributed by atoms with Crippen LogP contribution >= 0.6 is 0 Å². The van der Waals surface area contributed by atoms with Crippen molar-refractivity contribution in [1.82, 2.24) is 39.9 Å². The molecule has 7 N–H and O–H groups in total. The number of aromatic amines is 5. The Morgan fingerprint density at radius 1 is 0.727 bits per heavy atom. The van der Waals surface area contributed by atoms with Crippen molar-refractivity contribution in [1.29, 1.82) is 0 Å². The molecule has 12 heteroatoms. The Morgan fingerprint density at radius 3 is 2.09 bits per heavy atom. The van der Waals surface area contributed by atoms with E-state index in [0.717, 1.165) is 0 Å². The number of hydrogen-bond acceptors (Lipinski definition) is 6. The first-order valence-corrected chi connectivity index (χ1v) is 5.67. The van der Waals surface area contributed by atoms with Crippen LogP contribution in [-0.2, 0) is 0 Å². The van der Waals surface area contributed by atoms with Gasteiger partial charge in [-0.05, 0) is 0 Å². The van der Waals surface area contributed by atoms with Gasteiger partial charge in [-0.2, -0.15) is 0 Å². The van der Waals surface area contributed by atoms with Crippen molar-refractivity contribution in [2.75, 3.05) is 0 Å². The molecular formula is C10H10N8O4. The summed E-state index contributed by atoms with van der Waals surface area (Å²) in [5.74, 6) is 0. The van der Waals surface area contributed by atoms with Crippen molar-refractivity contribution in [3.05, 3.63) is 50.2 Å². The lowest BCUT2D eigenvalue weighted by atomic mass is 10.5. The predicted molar refractivity (Wildman–Crippen MR) is 75.5 cm³/mol. The number of fused-ring (bicyclic) bond motifs is 2. The zero-order chi connectivity index (χ0) is 14.8. The van der Waals surface area contributed by atoms with Gasteiger partial charge in [-0.25, -0.2) is 19.7 Å². The molecule has 0 fully saturated rings. The van der Waals surface area contributed by atoms with Crippen molar-refractivity contribution in [3.63, 3.8) is 0 Å². The second kappa shape index (κ2) is 5.84. The minimum Gasteiger partial charge on any atom is -0.412 e. The Kier molecular flexibility index (Phi) is 3.94. The van der Waals surface area contributed by atoms with E-state index in [2.05, 4.69) is 39.9 Å². The molecule has 4 aromatic heterocycles. The third kappa shape index (κ3) is 2.66. The van der Waals surface area contributed by atoms with Gasteiger partial charge < -0.3 is 20.4 Å². The molecule has 0 atom stereocenters. The number of H-pyrrole nitrogens is 5. The van der Waals surface area contributed by atoms with E-state index >= 15 is 0 Å². The van der Waals surface area contributed by atoms with E-state index in [1.807, 2.05) is 0 Å². The van der Waals surface area contributed by atoms with Crippen LogP contribution in [0.3, 0.4) is 0 Å². The Morgan fingerprint density at radius 2 is 1.36 bits per heavy atom. The zero-order valence-electron chi connectivity index (χ0n) is 10.8. The fourth-order valence-electron chi connectivity index (χ4n) is 1.64. The molecule has 0 aliphatic carbocycles. The molecule has 12 nitrogen and oxygen atoms in total. The van der Waals surface area contributed by atoms with Crippen LogP contribution in [0, 0.1) is 0 Å². The van der Waals surface area contributed by atoms with Gasteiger partial charge in [0.1, 0.15) is 5.52 Å². The number of nitrogens with zero attached hydrogens (tertiary/aromatic N) is 3. The minimum atomic E-state index is -0.547. The summed E-state index contributed by atoms with van der Waals surface area (Å²) in [6, 6.07) is 0. The lowest BCUT2D eigenvalue weighted by molar-refractivity contribution is 0.824. The van der Waals surface area contributed by atoms with Gasteiger partial charge in [0.25, 0.3) is 11.1 Å². The van der Waals surface area contributed by atoms with Gasteiger partial charge in [-0.1, -0.05) is 0 Å². The van der Waals surface area contributed by atoms with E-state index < -0.39 is 11.2 Å². The largest absolute Gasteiger partial charge is 0.412 e. The molecule has 4 heterocycles. The number of hydrogen-bond donors (Lipinski definition) is 5. The number of rotatable bonds is 0. The normalized spacial score (nSPS) is 10.0. The molecule has 4 aromatic rings. The SMILES string of the molecule is O.O=c1[nH]c(=O)c2[nH]cnc2[nH]1.O=c1[nH]cnc2nc[nH]c12. The zero-order valence-corrected chi connectivity index (χ0v) is 10.8. The van der Waals surface area contributed by atoms with Crippen LogP contribution in [-0.4, -0.2) is 45.3 Å². The Balaban J connectivity index is 0.000000154. The summed E-state index contributed by atoms with van der Waals surface area (Å²) in [7, 11) is 0. The van der Waals surface area contributed by atoms with Crippen LogP contribution < -0.4 is 16.8 Å². The lowest BCUT2D eigenvalue weighted by Gasteiger charge is -1.83. The van der Waals surface area contributed by atoms with Crippen LogP contribution in [0.25, 0.3) is 22.3 Å². The molecule has 0 unspecified atom stereocenters. The monoisotopic (exact) mass is 306 g/mol. The second-order valence-corrected chi connectivity index (χ2v) is 3.87. The minimum absolute atomic E-state index is 0. The fraction of sp³-hybridized carbons (Fsp3) is 0. The first-order chi connectivity index (χ1) is 10.1. The Bertz CT molecular complexity index is 1070. The highest BCUT2D eigenvalue weighted by Crippen LogP contribution is 1.94. The molecule has 0 spiro atoms. The van der Waals surface area contributed by atoms with Gasteiger partial charge >= 0.3 is 5.69 Å². The molecular weight excluding hydrogens is 296 g/mol. The summed E-state index contributed by atoms with van der Waals surface area (Å²) >= 11 is 0. The van der Waals surface area contributed by atoms with Crippen molar-refractivity contribution in [2.45, 2.75) is 0 Å². The highest BCUT2D eigenvalue weighted by molar-refractivity contribution is 5.67. The summed E-state index contributed by atoms with van der Waals surface area (Å²) in [4.78, 5) is 55.8. The number of nitrogens with one attached hydrogen (secondary N) is 5. The van der Waals surface area contributed by atoms with Crippen LogP contribution in [0.4, 0.5) is 0 Å². The molecule has 0 radical (unpaired) electrons. The third-order valence-corrected chi connectivity index (χ3v) is 2.55. The van der Waals surface area contributed by atoms with Crippen molar-refractivity contribution in [3.8, 4) is 0 Å². The molecule has 0 bridgehead atoms. The molecule has 0 aliphatic rings. The second-order valence-electron chi connectivity index (χ2n) is 3.87. The quantitative estimate of drug-likeness (QED) is 0.243. The summed E-state index contributed by atoms with van der Waals surface area (Å²) in [6.07, 6.45) is 4.11. The average Bonchev–Trinajstić information content (AvgIpc) is 3.08.